The Morgan fingerprint density at radius 2 is 1.95 bits per heavy atom. The first-order valence-corrected chi connectivity index (χ1v) is 6.79. The Balaban J connectivity index is 2.33. The summed E-state index contributed by atoms with van der Waals surface area (Å²) in [6, 6.07) is 7.86. The van der Waals surface area contributed by atoms with E-state index in [2.05, 4.69) is 5.32 Å². The van der Waals surface area contributed by atoms with E-state index in [9.17, 15) is 14.5 Å². The van der Waals surface area contributed by atoms with Gasteiger partial charge in [0.1, 0.15) is 11.5 Å². The number of hydrogen-bond donors (Lipinski definition) is 1. The van der Waals surface area contributed by atoms with Gasteiger partial charge in [-0.15, -0.1) is 0 Å². The molecule has 0 saturated heterocycles. The van der Waals surface area contributed by atoms with Gasteiger partial charge < -0.3 is 5.32 Å². The summed E-state index contributed by atoms with van der Waals surface area (Å²) in [6.45, 7) is 1.77. The van der Waals surface area contributed by atoms with Gasteiger partial charge in [-0.3, -0.25) is 10.1 Å². The van der Waals surface area contributed by atoms with E-state index >= 15 is 0 Å². The minimum Gasteiger partial charge on any atom is -0.373 e. The third-order valence-corrected chi connectivity index (χ3v) is 3.52. The van der Waals surface area contributed by atoms with Gasteiger partial charge in [0.25, 0.3) is 5.69 Å². The van der Waals surface area contributed by atoms with E-state index in [1.54, 1.807) is 25.1 Å². The summed E-state index contributed by atoms with van der Waals surface area (Å²) in [5, 5.41) is 14.8. The van der Waals surface area contributed by atoms with Crippen LogP contribution in [0.15, 0.2) is 36.4 Å². The van der Waals surface area contributed by atoms with Crippen molar-refractivity contribution in [2.75, 3.05) is 5.32 Å². The van der Waals surface area contributed by atoms with Crippen LogP contribution in [0.3, 0.4) is 0 Å². The number of nitrogens with one attached hydrogen (secondary N) is 1. The summed E-state index contributed by atoms with van der Waals surface area (Å²) >= 11 is 11.9. The normalized spacial score (nSPS) is 12.0. The predicted molar refractivity (Wildman–Crippen MR) is 81.6 cm³/mol. The van der Waals surface area contributed by atoms with Crippen molar-refractivity contribution in [2.45, 2.75) is 13.0 Å². The Labute approximate surface area is 130 Å². The molecule has 0 amide bonds. The molecule has 0 heterocycles. The zero-order chi connectivity index (χ0) is 15.6. The van der Waals surface area contributed by atoms with Crippen molar-refractivity contribution in [1.82, 2.24) is 0 Å². The molecule has 0 spiro atoms. The van der Waals surface area contributed by atoms with Crippen molar-refractivity contribution in [3.05, 3.63) is 67.9 Å². The molecule has 0 aliphatic heterocycles. The first-order chi connectivity index (χ1) is 9.88. The SMILES string of the molecule is C[C@@H](Nc1cc(F)ccc1[N+](=O)[O-])c1ccc(Cl)cc1Cl. The average molecular weight is 329 g/mol. The zero-order valence-electron chi connectivity index (χ0n) is 10.9. The molecule has 0 fully saturated rings. The summed E-state index contributed by atoms with van der Waals surface area (Å²) in [4.78, 5) is 10.4. The van der Waals surface area contributed by atoms with Gasteiger partial charge in [0.2, 0.25) is 0 Å². The van der Waals surface area contributed by atoms with Gasteiger partial charge in [-0.2, -0.15) is 0 Å². The smallest absolute Gasteiger partial charge is 0.292 e. The number of halogens is 3. The monoisotopic (exact) mass is 328 g/mol. The van der Waals surface area contributed by atoms with Crippen molar-refractivity contribution < 1.29 is 9.31 Å². The maximum absolute atomic E-state index is 13.3. The van der Waals surface area contributed by atoms with Crippen molar-refractivity contribution in [3.8, 4) is 0 Å². The first-order valence-electron chi connectivity index (χ1n) is 6.04. The van der Waals surface area contributed by atoms with Crippen LogP contribution in [0.1, 0.15) is 18.5 Å². The third-order valence-electron chi connectivity index (χ3n) is 2.96. The lowest BCUT2D eigenvalue weighted by Gasteiger charge is -2.17. The van der Waals surface area contributed by atoms with Crippen LogP contribution < -0.4 is 5.32 Å². The quantitative estimate of drug-likeness (QED) is 0.618. The maximum Gasteiger partial charge on any atom is 0.292 e. The van der Waals surface area contributed by atoms with Gasteiger partial charge in [0.15, 0.2) is 0 Å². The molecule has 1 atom stereocenters. The lowest BCUT2D eigenvalue weighted by atomic mass is 10.1. The van der Waals surface area contributed by atoms with Crippen LogP contribution in [0, 0.1) is 15.9 Å². The zero-order valence-corrected chi connectivity index (χ0v) is 12.5. The highest BCUT2D eigenvalue weighted by Gasteiger charge is 2.18. The van der Waals surface area contributed by atoms with E-state index in [1.807, 2.05) is 0 Å². The van der Waals surface area contributed by atoms with Crippen LogP contribution in [-0.2, 0) is 0 Å². The molecule has 2 aromatic carbocycles. The van der Waals surface area contributed by atoms with Gasteiger partial charge >= 0.3 is 0 Å². The predicted octanol–water partition coefficient (Wildman–Crippen LogP) is 5.21. The van der Waals surface area contributed by atoms with Crippen LogP contribution in [0.5, 0.6) is 0 Å². The topological polar surface area (TPSA) is 55.2 Å². The Hall–Kier alpha value is -1.85. The lowest BCUT2D eigenvalue weighted by molar-refractivity contribution is -0.384. The van der Waals surface area contributed by atoms with Crippen LogP contribution in [-0.4, -0.2) is 4.92 Å². The standard InChI is InChI=1S/C14H11Cl2FN2O2/c1-8(11-4-2-9(15)6-12(11)16)18-13-7-10(17)3-5-14(13)19(20)21/h2-8,18H,1H3/t8-/m1/s1. The van der Waals surface area contributed by atoms with Crippen LogP contribution in [0.25, 0.3) is 0 Å². The lowest BCUT2D eigenvalue weighted by Crippen LogP contribution is -2.09. The Morgan fingerprint density at radius 3 is 2.57 bits per heavy atom. The van der Waals surface area contributed by atoms with Crippen LogP contribution >= 0.6 is 23.2 Å². The second kappa shape index (κ2) is 6.28. The molecule has 1 N–H and O–H groups in total. The number of nitrogens with zero attached hydrogens (tertiary/aromatic N) is 1. The molecule has 0 saturated carbocycles. The minimum atomic E-state index is -0.571. The molecule has 7 heteroatoms. The Kier molecular flexibility index (Phi) is 4.65. The third kappa shape index (κ3) is 3.62. The number of benzene rings is 2. The first kappa shape index (κ1) is 15.5. The van der Waals surface area contributed by atoms with Crippen molar-refractivity contribution >= 4 is 34.6 Å². The maximum atomic E-state index is 13.3. The number of hydrogen-bond acceptors (Lipinski definition) is 3. The molecule has 21 heavy (non-hydrogen) atoms. The fourth-order valence-electron chi connectivity index (χ4n) is 1.95. The molecule has 0 aliphatic carbocycles. The van der Waals surface area contributed by atoms with Gasteiger partial charge in [0, 0.05) is 22.2 Å². The van der Waals surface area contributed by atoms with E-state index in [4.69, 9.17) is 23.2 Å². The van der Waals surface area contributed by atoms with Gasteiger partial charge in [-0.1, -0.05) is 29.3 Å². The Bertz CT molecular complexity index is 695. The van der Waals surface area contributed by atoms with Crippen LogP contribution in [0.4, 0.5) is 15.8 Å². The fourth-order valence-corrected chi connectivity index (χ4v) is 2.52. The largest absolute Gasteiger partial charge is 0.373 e. The molecule has 0 unspecified atom stereocenters. The fraction of sp³-hybridized carbons (Fsp3) is 0.143. The van der Waals surface area contributed by atoms with Crippen LogP contribution in [0.2, 0.25) is 10.0 Å². The molecule has 0 radical (unpaired) electrons. The van der Waals surface area contributed by atoms with Crippen molar-refractivity contribution in [1.29, 1.82) is 0 Å². The molecule has 0 aromatic heterocycles. The summed E-state index contributed by atoms with van der Waals surface area (Å²) in [5.74, 6) is -0.558. The Morgan fingerprint density at radius 1 is 1.24 bits per heavy atom. The summed E-state index contributed by atoms with van der Waals surface area (Å²) in [5.41, 5.74) is 0.603. The van der Waals surface area contributed by atoms with Crippen molar-refractivity contribution in [2.24, 2.45) is 0 Å². The van der Waals surface area contributed by atoms with Gasteiger partial charge in [0.05, 0.1) is 11.0 Å². The number of anilines is 1. The number of rotatable bonds is 4. The van der Waals surface area contributed by atoms with E-state index in [-0.39, 0.29) is 17.4 Å². The molecule has 110 valence electrons. The van der Waals surface area contributed by atoms with E-state index < -0.39 is 10.7 Å². The molecule has 0 bridgehead atoms. The molecular formula is C14H11Cl2FN2O2. The molecule has 2 aromatic rings. The highest BCUT2D eigenvalue weighted by molar-refractivity contribution is 6.35. The average Bonchev–Trinajstić information content (AvgIpc) is 2.37. The van der Waals surface area contributed by atoms with E-state index in [0.717, 1.165) is 18.2 Å². The molecule has 0 aliphatic rings. The van der Waals surface area contributed by atoms with Gasteiger partial charge in [-0.05, 0) is 30.7 Å². The highest BCUT2D eigenvalue weighted by atomic mass is 35.5. The minimum absolute atomic E-state index is 0.0958. The second-order valence-corrected chi connectivity index (χ2v) is 5.29. The summed E-state index contributed by atoms with van der Waals surface area (Å²) < 4.78 is 13.3. The summed E-state index contributed by atoms with van der Waals surface area (Å²) in [7, 11) is 0. The van der Waals surface area contributed by atoms with Crippen molar-refractivity contribution in [3.63, 3.8) is 0 Å². The van der Waals surface area contributed by atoms with Gasteiger partial charge in [-0.25, -0.2) is 4.39 Å². The molecular weight excluding hydrogens is 318 g/mol. The summed E-state index contributed by atoms with van der Waals surface area (Å²) in [6.07, 6.45) is 0. The van der Waals surface area contributed by atoms with E-state index in [1.165, 1.54) is 0 Å². The number of nitro benzene ring substituents is 1. The molecule has 2 rings (SSSR count). The molecule has 4 nitrogen and oxygen atoms in total. The number of nitro groups is 1. The van der Waals surface area contributed by atoms with E-state index in [0.29, 0.717) is 15.6 Å². The highest BCUT2D eigenvalue weighted by Crippen LogP contribution is 2.32. The second-order valence-electron chi connectivity index (χ2n) is 4.45.